The smallest absolute Gasteiger partial charge is 0.269 e. The van der Waals surface area contributed by atoms with Crippen LogP contribution in [0.2, 0.25) is 0 Å². The van der Waals surface area contributed by atoms with Gasteiger partial charge < -0.3 is 0 Å². The van der Waals surface area contributed by atoms with Gasteiger partial charge in [-0.25, -0.2) is 5.01 Å². The van der Waals surface area contributed by atoms with E-state index in [1.807, 2.05) is 6.07 Å². The van der Waals surface area contributed by atoms with Crippen molar-refractivity contribution in [1.82, 2.24) is 5.01 Å². The van der Waals surface area contributed by atoms with Crippen molar-refractivity contribution in [3.05, 3.63) is 0 Å². The largest absolute Gasteiger partial charge is 0.287 e. The van der Waals surface area contributed by atoms with Gasteiger partial charge in [0.2, 0.25) is 0 Å². The Morgan fingerprint density at radius 3 is 3.31 bits per heavy atom. The summed E-state index contributed by atoms with van der Waals surface area (Å²) < 4.78 is 0. The van der Waals surface area contributed by atoms with Gasteiger partial charge in [0.05, 0.1) is 12.5 Å². The summed E-state index contributed by atoms with van der Waals surface area (Å²) in [5.74, 6) is -0.690. The molecule has 0 N–H and O–H groups in total. The molecule has 66 valence electrons. The maximum absolute atomic E-state index is 11.6. The zero-order valence-corrected chi connectivity index (χ0v) is 7.01. The van der Waals surface area contributed by atoms with Gasteiger partial charge in [0.25, 0.3) is 11.4 Å². The molecule has 0 aromatic heterocycles. The van der Waals surface area contributed by atoms with Gasteiger partial charge in [0.1, 0.15) is 6.07 Å². The van der Waals surface area contributed by atoms with Crippen LogP contribution in [0.1, 0.15) is 0 Å². The molecule has 0 fully saturated rings. The summed E-state index contributed by atoms with van der Waals surface area (Å²) in [6.07, 6.45) is 1.56. The van der Waals surface area contributed by atoms with E-state index in [0.717, 1.165) is 5.01 Å². The Hall–Kier alpha value is -1.77. The van der Waals surface area contributed by atoms with Crippen LogP contribution < -0.4 is 0 Å². The third-order valence-corrected chi connectivity index (χ3v) is 2.25. The van der Waals surface area contributed by atoms with Crippen LogP contribution in [0.3, 0.4) is 0 Å². The van der Waals surface area contributed by atoms with E-state index in [4.69, 9.17) is 5.26 Å². The first kappa shape index (κ1) is 7.86. The van der Waals surface area contributed by atoms with Gasteiger partial charge in [-0.15, -0.1) is 0 Å². The fourth-order valence-electron chi connectivity index (χ4n) is 1.44. The highest BCUT2D eigenvalue weighted by Gasteiger charge is 2.53. The van der Waals surface area contributed by atoms with E-state index >= 15 is 0 Å². The molecular weight excluding hydrogens is 170 g/mol. The summed E-state index contributed by atoms with van der Waals surface area (Å²) in [7, 11) is 1.50. The fraction of sp³-hybridized carbons (Fsp3) is 0.571. The van der Waals surface area contributed by atoms with E-state index < -0.39 is 11.4 Å². The molecule has 0 spiro atoms. The molecule has 2 aliphatic rings. The second-order valence-electron chi connectivity index (χ2n) is 3.00. The highest BCUT2D eigenvalue weighted by molar-refractivity contribution is 5.96. The molecule has 0 aromatic carbocycles. The van der Waals surface area contributed by atoms with Crippen molar-refractivity contribution in [2.45, 2.75) is 5.54 Å². The summed E-state index contributed by atoms with van der Waals surface area (Å²) in [5, 5.41) is 21.3. The number of fused-ring (bicyclic) bond motifs is 1. The zero-order valence-electron chi connectivity index (χ0n) is 7.01. The molecule has 1 amide bonds. The lowest BCUT2D eigenvalue weighted by Crippen LogP contribution is -2.51. The molecule has 0 saturated heterocycles. The molecule has 2 heterocycles. The summed E-state index contributed by atoms with van der Waals surface area (Å²) in [6, 6.07) is 1.92. The molecule has 0 aliphatic carbocycles. The second-order valence-corrected chi connectivity index (χ2v) is 3.00. The van der Waals surface area contributed by atoms with E-state index in [1.54, 1.807) is 6.21 Å². The average molecular weight is 177 g/mol. The van der Waals surface area contributed by atoms with Crippen LogP contribution in [-0.2, 0) is 4.79 Å². The lowest BCUT2D eigenvalue weighted by molar-refractivity contribution is -0.134. The number of amides is 1. The molecule has 0 radical (unpaired) electrons. The molecule has 2 unspecified atom stereocenters. The average Bonchev–Trinajstić information content (AvgIpc) is 2.56. The maximum Gasteiger partial charge on any atom is 0.287 e. The number of rotatable bonds is 0. The van der Waals surface area contributed by atoms with Gasteiger partial charge in [0, 0.05) is 13.3 Å². The number of hydrogen-bond acceptors (Lipinski definition) is 5. The van der Waals surface area contributed by atoms with Crippen LogP contribution in [0.4, 0.5) is 0 Å². The normalized spacial score (nSPS) is 36.2. The molecule has 0 aromatic rings. The van der Waals surface area contributed by atoms with Crippen molar-refractivity contribution < 1.29 is 4.79 Å². The van der Waals surface area contributed by atoms with Crippen molar-refractivity contribution in [2.24, 2.45) is 21.2 Å². The van der Waals surface area contributed by atoms with Gasteiger partial charge in [-0.3, -0.25) is 4.79 Å². The van der Waals surface area contributed by atoms with Gasteiger partial charge in [-0.1, -0.05) is 0 Å². The molecule has 2 atom stereocenters. The fourth-order valence-corrected chi connectivity index (χ4v) is 1.44. The lowest BCUT2D eigenvalue weighted by Gasteiger charge is -2.27. The van der Waals surface area contributed by atoms with Crippen LogP contribution in [-0.4, -0.2) is 36.3 Å². The Morgan fingerprint density at radius 2 is 2.62 bits per heavy atom. The minimum atomic E-state index is -1.34. The highest BCUT2D eigenvalue weighted by Crippen LogP contribution is 2.31. The molecular formula is C7H7N5O. The Morgan fingerprint density at radius 1 is 1.85 bits per heavy atom. The number of nitrogens with zero attached hydrogens (tertiary/aromatic N) is 5. The first-order valence-electron chi connectivity index (χ1n) is 3.83. The highest BCUT2D eigenvalue weighted by atomic mass is 16.2. The SMILES string of the molecule is CN1N=CC2CN=NC2(C#N)C1=O. The summed E-state index contributed by atoms with van der Waals surface area (Å²) >= 11 is 0. The van der Waals surface area contributed by atoms with E-state index in [0.29, 0.717) is 6.54 Å². The minimum absolute atomic E-state index is 0.291. The third-order valence-electron chi connectivity index (χ3n) is 2.25. The first-order valence-corrected chi connectivity index (χ1v) is 3.83. The monoisotopic (exact) mass is 177 g/mol. The molecule has 6 heteroatoms. The van der Waals surface area contributed by atoms with E-state index in [-0.39, 0.29) is 5.92 Å². The second kappa shape index (κ2) is 2.36. The molecule has 13 heavy (non-hydrogen) atoms. The topological polar surface area (TPSA) is 81.2 Å². The van der Waals surface area contributed by atoms with Crippen molar-refractivity contribution in [3.63, 3.8) is 0 Å². The van der Waals surface area contributed by atoms with Crippen LogP contribution in [0.25, 0.3) is 0 Å². The maximum atomic E-state index is 11.6. The van der Waals surface area contributed by atoms with E-state index in [1.165, 1.54) is 7.05 Å². The number of carbonyl (C=O) groups excluding carboxylic acids is 1. The lowest BCUT2D eigenvalue weighted by atomic mass is 9.86. The number of nitriles is 1. The predicted molar refractivity (Wildman–Crippen MR) is 42.8 cm³/mol. The van der Waals surface area contributed by atoms with Crippen molar-refractivity contribution in [3.8, 4) is 6.07 Å². The van der Waals surface area contributed by atoms with Crippen molar-refractivity contribution in [2.75, 3.05) is 13.6 Å². The summed E-state index contributed by atoms with van der Waals surface area (Å²) in [5.41, 5.74) is -1.34. The Bertz CT molecular complexity index is 354. The van der Waals surface area contributed by atoms with Crippen molar-refractivity contribution >= 4 is 12.1 Å². The van der Waals surface area contributed by atoms with Crippen LogP contribution in [0.15, 0.2) is 15.3 Å². The Labute approximate surface area is 74.5 Å². The predicted octanol–water partition coefficient (Wildman–Crippen LogP) is -0.211. The number of hydrogen-bond donors (Lipinski definition) is 0. The Kier molecular flexibility index (Phi) is 1.42. The number of carbonyl (C=O) groups is 1. The van der Waals surface area contributed by atoms with Gasteiger partial charge in [-0.2, -0.15) is 20.6 Å². The molecule has 2 rings (SSSR count). The van der Waals surface area contributed by atoms with Crippen molar-refractivity contribution in [1.29, 1.82) is 5.26 Å². The summed E-state index contributed by atoms with van der Waals surface area (Å²) in [6.45, 7) is 0.372. The van der Waals surface area contributed by atoms with Crippen LogP contribution in [0, 0.1) is 17.2 Å². The number of likely N-dealkylation sites (N-methyl/N-ethyl adjacent to an activating group) is 1. The standard InChI is InChI=1S/C7H7N5O/c1-12-6(13)7(4-8)5(3-10-12)2-9-11-7/h3,5H,2H2,1H3. The quantitative estimate of drug-likeness (QED) is 0.513. The van der Waals surface area contributed by atoms with Crippen LogP contribution in [0.5, 0.6) is 0 Å². The van der Waals surface area contributed by atoms with Gasteiger partial charge >= 0.3 is 0 Å². The number of hydrazone groups is 1. The first-order chi connectivity index (χ1) is 6.20. The van der Waals surface area contributed by atoms with Crippen LogP contribution >= 0.6 is 0 Å². The molecule has 0 bridgehead atoms. The Balaban J connectivity index is 2.51. The van der Waals surface area contributed by atoms with E-state index in [9.17, 15) is 4.79 Å². The van der Waals surface area contributed by atoms with Gasteiger partial charge in [0.15, 0.2) is 0 Å². The molecule has 2 aliphatic heterocycles. The summed E-state index contributed by atoms with van der Waals surface area (Å²) in [4.78, 5) is 11.6. The van der Waals surface area contributed by atoms with E-state index in [2.05, 4.69) is 15.3 Å². The number of azo groups is 1. The third kappa shape index (κ3) is 0.811. The molecule has 0 saturated carbocycles. The minimum Gasteiger partial charge on any atom is -0.269 e. The molecule has 6 nitrogen and oxygen atoms in total. The zero-order chi connectivity index (χ0) is 9.47. The van der Waals surface area contributed by atoms with Gasteiger partial charge in [-0.05, 0) is 0 Å².